The van der Waals surface area contributed by atoms with E-state index in [4.69, 9.17) is 42.5 Å². The first-order valence-corrected chi connectivity index (χ1v) is 15.7. The summed E-state index contributed by atoms with van der Waals surface area (Å²) < 4.78 is 13.8. The number of ether oxygens (including phenoxy) is 2. The number of hydrogen-bond donors (Lipinski definition) is 3. The Morgan fingerprint density at radius 2 is 1.69 bits per heavy atom. The van der Waals surface area contributed by atoms with Crippen molar-refractivity contribution in [2.24, 2.45) is 5.73 Å². The van der Waals surface area contributed by atoms with Gasteiger partial charge >= 0.3 is 0 Å². The largest absolute Gasteiger partial charge is 0.486 e. The highest BCUT2D eigenvalue weighted by atomic mass is 35.5. The molecule has 1 aromatic heterocycles. The molecule has 0 saturated heterocycles. The van der Waals surface area contributed by atoms with Gasteiger partial charge in [-0.2, -0.15) is 0 Å². The first-order chi connectivity index (χ1) is 18.8. The minimum Gasteiger partial charge on any atom is -0.486 e. The molecular weight excluding hydrogens is 576 g/mol. The van der Waals surface area contributed by atoms with Gasteiger partial charge in [-0.15, -0.1) is 0 Å². The number of amides is 1. The fraction of sp³-hybridized carbons (Fsp3) is 0.407. The van der Waals surface area contributed by atoms with E-state index in [0.29, 0.717) is 29.5 Å². The number of hydrogen-bond acceptors (Lipinski definition) is 7. The molecule has 39 heavy (non-hydrogen) atoms. The molecule has 0 aliphatic carbocycles. The van der Waals surface area contributed by atoms with Crippen molar-refractivity contribution in [3.63, 3.8) is 0 Å². The molecule has 1 amide bonds. The van der Waals surface area contributed by atoms with Crippen molar-refractivity contribution >= 4 is 49.6 Å². The Kier molecular flexibility index (Phi) is 15.2. The highest BCUT2D eigenvalue weighted by Gasteiger charge is 2.21. The van der Waals surface area contributed by atoms with Crippen molar-refractivity contribution in [3.05, 3.63) is 69.6 Å². The van der Waals surface area contributed by atoms with Crippen LogP contribution in [0.1, 0.15) is 50.7 Å². The van der Waals surface area contributed by atoms with Crippen LogP contribution in [0.3, 0.4) is 0 Å². The van der Waals surface area contributed by atoms with Gasteiger partial charge in [-0.25, -0.2) is 4.98 Å². The molecule has 2 aromatic carbocycles. The summed E-state index contributed by atoms with van der Waals surface area (Å²) in [5.41, 5.74) is 6.35. The second-order valence-electron chi connectivity index (χ2n) is 8.60. The summed E-state index contributed by atoms with van der Waals surface area (Å²) >= 11 is 14.2. The zero-order chi connectivity index (χ0) is 28.8. The summed E-state index contributed by atoms with van der Waals surface area (Å²) in [7, 11) is 1.15. The summed E-state index contributed by atoms with van der Waals surface area (Å²) in [6, 6.07) is 13.9. The van der Waals surface area contributed by atoms with E-state index in [1.165, 1.54) is 0 Å². The number of nitrogens with zero attached hydrogens (tertiary/aromatic N) is 2. The molecule has 1 heterocycles. The minimum absolute atomic E-state index is 0.248. The van der Waals surface area contributed by atoms with Crippen LogP contribution in [0.5, 0.6) is 5.75 Å². The van der Waals surface area contributed by atoms with Crippen LogP contribution in [0.15, 0.2) is 52.4 Å². The van der Waals surface area contributed by atoms with Gasteiger partial charge in [0.2, 0.25) is 6.41 Å². The Labute approximate surface area is 247 Å². The normalized spacial score (nSPS) is 11.0. The van der Waals surface area contributed by atoms with Crippen LogP contribution in [0, 0.1) is 0 Å². The van der Waals surface area contributed by atoms with Crippen LogP contribution in [0.25, 0.3) is 0 Å². The van der Waals surface area contributed by atoms with Crippen molar-refractivity contribution in [3.8, 4) is 5.75 Å². The third kappa shape index (κ3) is 10.9. The zero-order valence-corrected chi connectivity index (χ0v) is 26.3. The van der Waals surface area contributed by atoms with Crippen LogP contribution in [0.2, 0.25) is 10.0 Å². The number of benzene rings is 2. The van der Waals surface area contributed by atoms with Crippen LogP contribution >= 0.6 is 43.2 Å². The SMILES string of the molecule is CCNP(COc1ccc(Cn2c(COC)nc(C(C)C)c2Sc2cc(Cl)cc(Cl)c2)cc1)NCC.NC=O. The lowest BCUT2D eigenvalue weighted by molar-refractivity contribution is -0.106. The molecule has 12 heteroatoms. The standard InChI is InChI=1S/C26H35Cl2N4O2PS.CH3NO/c1-6-29-35(30-7-2)17-34-22-10-8-19(9-11-22)15-32-24(16-33-5)31-25(18(3)4)26(32)36-23-13-20(27)12-21(28)14-23;2-1-3/h8-14,18,29-30H,6-7,15-17H2,1-5H3;1H,(H2,2,3). The molecule has 0 atom stereocenters. The number of nitrogens with one attached hydrogen (secondary N) is 2. The van der Waals surface area contributed by atoms with Gasteiger partial charge in [0, 0.05) is 28.6 Å². The predicted molar refractivity (Wildman–Crippen MR) is 163 cm³/mol. The van der Waals surface area contributed by atoms with Crippen molar-refractivity contribution in [1.82, 2.24) is 19.7 Å². The maximum absolute atomic E-state index is 8.58. The molecule has 8 nitrogen and oxygen atoms in total. The highest BCUT2D eigenvalue weighted by molar-refractivity contribution is 7.99. The van der Waals surface area contributed by atoms with Gasteiger partial charge in [-0.05, 0) is 54.9 Å². The number of methoxy groups -OCH3 is 1. The summed E-state index contributed by atoms with van der Waals surface area (Å²) in [5.74, 6) is 1.99. The first-order valence-electron chi connectivity index (χ1n) is 12.6. The molecule has 0 radical (unpaired) electrons. The molecule has 0 aliphatic rings. The fourth-order valence-corrected chi connectivity index (χ4v) is 6.88. The lowest BCUT2D eigenvalue weighted by atomic mass is 10.1. The Bertz CT molecular complexity index is 1140. The summed E-state index contributed by atoms with van der Waals surface area (Å²) in [6.07, 6.45) is 0.872. The topological polar surface area (TPSA) is 103 Å². The maximum Gasteiger partial charge on any atom is 0.204 e. The summed E-state index contributed by atoms with van der Waals surface area (Å²) in [4.78, 5) is 14.5. The molecule has 3 rings (SSSR count). The van der Waals surface area contributed by atoms with E-state index in [2.05, 4.69) is 60.3 Å². The van der Waals surface area contributed by atoms with Crippen LogP contribution in [-0.2, 0) is 22.7 Å². The van der Waals surface area contributed by atoms with Gasteiger partial charge in [0.05, 0.1) is 13.9 Å². The monoisotopic (exact) mass is 613 g/mol. The van der Waals surface area contributed by atoms with Gasteiger partial charge in [0.1, 0.15) is 29.6 Å². The first kappa shape index (κ1) is 33.4. The second-order valence-corrected chi connectivity index (χ2v) is 12.3. The number of carbonyl (C=O) groups excluding carboxylic acids is 1. The van der Waals surface area contributed by atoms with E-state index in [1.54, 1.807) is 24.9 Å². The number of imidazole rings is 1. The minimum atomic E-state index is -0.548. The molecule has 0 spiro atoms. The van der Waals surface area contributed by atoms with Crippen molar-refractivity contribution in [1.29, 1.82) is 0 Å². The van der Waals surface area contributed by atoms with E-state index < -0.39 is 8.22 Å². The quantitative estimate of drug-likeness (QED) is 0.138. The number of nitrogens with two attached hydrogens (primary N) is 1. The molecule has 0 aliphatic heterocycles. The smallest absolute Gasteiger partial charge is 0.204 e. The molecule has 4 N–H and O–H groups in total. The second kappa shape index (κ2) is 17.8. The number of primary amides is 1. The number of rotatable bonds is 14. The van der Waals surface area contributed by atoms with Gasteiger partial charge < -0.3 is 19.8 Å². The van der Waals surface area contributed by atoms with Gasteiger partial charge in [-0.3, -0.25) is 15.0 Å². The van der Waals surface area contributed by atoms with Gasteiger partial charge in [0.15, 0.2) is 0 Å². The summed E-state index contributed by atoms with van der Waals surface area (Å²) in [5, 5.41) is 9.19. The number of carbonyl (C=O) groups is 1. The van der Waals surface area contributed by atoms with Crippen molar-refractivity contribution in [2.45, 2.75) is 56.7 Å². The number of aromatic nitrogens is 2. The van der Waals surface area contributed by atoms with Crippen LogP contribution < -0.4 is 20.6 Å². The third-order valence-electron chi connectivity index (χ3n) is 5.22. The molecule has 0 fully saturated rings. The highest BCUT2D eigenvalue weighted by Crippen LogP contribution is 2.38. The Morgan fingerprint density at radius 3 is 2.21 bits per heavy atom. The number of halogens is 2. The molecule has 3 aromatic rings. The van der Waals surface area contributed by atoms with Crippen molar-refractivity contribution in [2.75, 3.05) is 26.5 Å². The van der Waals surface area contributed by atoms with E-state index >= 15 is 0 Å². The van der Waals surface area contributed by atoms with E-state index in [1.807, 2.05) is 24.3 Å². The maximum atomic E-state index is 8.58. The fourth-order valence-electron chi connectivity index (χ4n) is 3.63. The molecule has 0 saturated carbocycles. The third-order valence-corrected chi connectivity index (χ3v) is 8.53. The molecule has 214 valence electrons. The van der Waals surface area contributed by atoms with Gasteiger partial charge in [0.25, 0.3) is 0 Å². The van der Waals surface area contributed by atoms with Crippen LogP contribution in [-0.4, -0.2) is 42.5 Å². The predicted octanol–water partition coefficient (Wildman–Crippen LogP) is 6.63. The van der Waals surface area contributed by atoms with E-state index in [0.717, 1.165) is 45.8 Å². The molecule has 0 unspecified atom stereocenters. The Balaban J connectivity index is 0.00000170. The van der Waals surface area contributed by atoms with E-state index in [9.17, 15) is 0 Å². The molecular formula is C27H38Cl2N5O3PS. The van der Waals surface area contributed by atoms with E-state index in [-0.39, 0.29) is 12.3 Å². The van der Waals surface area contributed by atoms with Gasteiger partial charge in [-0.1, -0.05) is 74.8 Å². The van der Waals surface area contributed by atoms with Crippen LogP contribution in [0.4, 0.5) is 0 Å². The lowest BCUT2D eigenvalue weighted by Crippen LogP contribution is -2.22. The Hall–Kier alpha value is -1.84. The zero-order valence-electron chi connectivity index (χ0n) is 23.0. The Morgan fingerprint density at radius 1 is 1.10 bits per heavy atom. The molecule has 0 bridgehead atoms. The van der Waals surface area contributed by atoms with Crippen molar-refractivity contribution < 1.29 is 14.3 Å². The lowest BCUT2D eigenvalue weighted by Gasteiger charge is -2.19. The average molecular weight is 615 g/mol. The average Bonchev–Trinajstić information content (AvgIpc) is 3.20. The summed E-state index contributed by atoms with van der Waals surface area (Å²) in [6.45, 7) is 11.4.